The molecule has 1 unspecified atom stereocenters. The van der Waals surface area contributed by atoms with Crippen LogP contribution in [0.2, 0.25) is 0 Å². The summed E-state index contributed by atoms with van der Waals surface area (Å²) in [6, 6.07) is 0. The SMILES string of the molecule is C/C=C/COC1(OC)C=C(C(=O)OC)C=C(OC)C1=O. The molecule has 6 nitrogen and oxygen atoms in total. The number of hydrogen-bond acceptors (Lipinski definition) is 6. The molecule has 0 bridgehead atoms. The minimum Gasteiger partial charge on any atom is -0.493 e. The number of carbonyl (C=O) groups excluding carboxylic acids is 2. The Labute approximate surface area is 117 Å². The van der Waals surface area contributed by atoms with Gasteiger partial charge in [0.1, 0.15) is 0 Å². The van der Waals surface area contributed by atoms with E-state index in [0.717, 1.165) is 0 Å². The number of carbonyl (C=O) groups is 2. The van der Waals surface area contributed by atoms with Gasteiger partial charge in [0.25, 0.3) is 11.6 Å². The normalized spacial score (nSPS) is 22.5. The van der Waals surface area contributed by atoms with Gasteiger partial charge in [0, 0.05) is 7.11 Å². The molecule has 6 heteroatoms. The molecule has 0 amide bonds. The molecule has 0 aliphatic heterocycles. The molecular formula is C14H18O6. The summed E-state index contributed by atoms with van der Waals surface area (Å²) in [5.74, 6) is -2.85. The summed E-state index contributed by atoms with van der Waals surface area (Å²) >= 11 is 0. The van der Waals surface area contributed by atoms with Crippen LogP contribution in [-0.4, -0.2) is 45.5 Å². The quantitative estimate of drug-likeness (QED) is 0.413. The summed E-state index contributed by atoms with van der Waals surface area (Å²) in [7, 11) is 3.89. The first-order valence-corrected chi connectivity index (χ1v) is 5.96. The molecule has 0 heterocycles. The van der Waals surface area contributed by atoms with Crippen LogP contribution in [0.4, 0.5) is 0 Å². The highest BCUT2D eigenvalue weighted by Gasteiger charge is 2.44. The van der Waals surface area contributed by atoms with E-state index in [1.54, 1.807) is 12.2 Å². The first kappa shape index (κ1) is 16.1. The van der Waals surface area contributed by atoms with Crippen molar-refractivity contribution in [1.29, 1.82) is 0 Å². The molecule has 1 aliphatic carbocycles. The van der Waals surface area contributed by atoms with Gasteiger partial charge in [0.2, 0.25) is 0 Å². The first-order chi connectivity index (χ1) is 9.54. The number of esters is 1. The van der Waals surface area contributed by atoms with E-state index in [4.69, 9.17) is 14.2 Å². The lowest BCUT2D eigenvalue weighted by Gasteiger charge is -2.30. The number of ketones is 1. The Balaban J connectivity index is 3.19. The minimum absolute atomic E-state index is 0.0322. The summed E-state index contributed by atoms with van der Waals surface area (Å²) < 4.78 is 20.3. The third-order valence-electron chi connectivity index (χ3n) is 2.75. The van der Waals surface area contributed by atoms with Crippen LogP contribution < -0.4 is 0 Å². The van der Waals surface area contributed by atoms with Crippen molar-refractivity contribution >= 4 is 11.8 Å². The molecule has 1 rings (SSSR count). The third-order valence-corrected chi connectivity index (χ3v) is 2.75. The summed E-state index contributed by atoms with van der Waals surface area (Å²) in [4.78, 5) is 23.9. The summed E-state index contributed by atoms with van der Waals surface area (Å²) in [6.45, 7) is 1.97. The summed E-state index contributed by atoms with van der Waals surface area (Å²) in [5.41, 5.74) is 0.131. The van der Waals surface area contributed by atoms with Gasteiger partial charge in [0.15, 0.2) is 5.76 Å². The molecule has 0 radical (unpaired) electrons. The van der Waals surface area contributed by atoms with Crippen LogP contribution in [0.1, 0.15) is 6.92 Å². The van der Waals surface area contributed by atoms with Crippen LogP contribution in [0.5, 0.6) is 0 Å². The molecule has 110 valence electrons. The standard InChI is InChI=1S/C14H18O6/c1-5-6-7-20-14(19-4)9-10(13(16)18-3)8-11(17-2)12(14)15/h5-6,8-9H,7H2,1-4H3/b6-5+. The monoisotopic (exact) mass is 282 g/mol. The molecular weight excluding hydrogens is 264 g/mol. The van der Waals surface area contributed by atoms with Gasteiger partial charge in [-0.05, 0) is 19.1 Å². The van der Waals surface area contributed by atoms with Crippen LogP contribution in [-0.2, 0) is 28.5 Å². The predicted molar refractivity (Wildman–Crippen MR) is 70.7 cm³/mol. The second-order valence-electron chi connectivity index (χ2n) is 3.88. The van der Waals surface area contributed by atoms with Crippen molar-refractivity contribution in [2.45, 2.75) is 12.7 Å². The molecule has 20 heavy (non-hydrogen) atoms. The zero-order chi connectivity index (χ0) is 15.2. The molecule has 0 saturated heterocycles. The van der Waals surface area contributed by atoms with Gasteiger partial charge in [-0.3, -0.25) is 4.79 Å². The first-order valence-electron chi connectivity index (χ1n) is 5.96. The Morgan fingerprint density at radius 3 is 2.55 bits per heavy atom. The van der Waals surface area contributed by atoms with E-state index in [1.807, 2.05) is 6.92 Å². The van der Waals surface area contributed by atoms with Gasteiger partial charge in [-0.25, -0.2) is 4.79 Å². The third kappa shape index (κ3) is 3.15. The Kier molecular flexibility index (Phi) is 5.66. The molecule has 0 aromatic rings. The van der Waals surface area contributed by atoms with Gasteiger partial charge in [0.05, 0.1) is 26.4 Å². The average molecular weight is 282 g/mol. The largest absolute Gasteiger partial charge is 0.493 e. The lowest BCUT2D eigenvalue weighted by atomic mass is 9.98. The highest BCUT2D eigenvalue weighted by Crippen LogP contribution is 2.28. The number of methoxy groups -OCH3 is 3. The number of ether oxygens (including phenoxy) is 4. The number of allylic oxidation sites excluding steroid dienone is 1. The maximum Gasteiger partial charge on any atom is 0.337 e. The minimum atomic E-state index is -1.69. The van der Waals surface area contributed by atoms with E-state index < -0.39 is 17.5 Å². The maximum absolute atomic E-state index is 12.3. The smallest absolute Gasteiger partial charge is 0.337 e. The average Bonchev–Trinajstić information content (AvgIpc) is 2.48. The van der Waals surface area contributed by atoms with Crippen LogP contribution in [0, 0.1) is 0 Å². The summed E-state index contributed by atoms with van der Waals surface area (Å²) in [5, 5.41) is 0. The molecule has 0 saturated carbocycles. The van der Waals surface area contributed by atoms with Crippen molar-refractivity contribution in [2.75, 3.05) is 27.9 Å². The Morgan fingerprint density at radius 2 is 2.05 bits per heavy atom. The zero-order valence-electron chi connectivity index (χ0n) is 12.0. The van der Waals surface area contributed by atoms with Crippen LogP contribution in [0.15, 0.2) is 35.6 Å². The van der Waals surface area contributed by atoms with Crippen LogP contribution in [0.3, 0.4) is 0 Å². The number of Topliss-reactive ketones (excluding diaryl/α,β-unsaturated/α-hetero) is 1. The van der Waals surface area contributed by atoms with Crippen molar-refractivity contribution in [3.63, 3.8) is 0 Å². The fourth-order valence-corrected chi connectivity index (χ4v) is 1.66. The van der Waals surface area contributed by atoms with E-state index in [0.29, 0.717) is 0 Å². The molecule has 1 atom stereocenters. The Bertz CT molecular complexity index is 474. The second kappa shape index (κ2) is 7.02. The summed E-state index contributed by atoms with van der Waals surface area (Å²) in [6.07, 6.45) is 6.07. The van der Waals surface area contributed by atoms with Gasteiger partial charge in [-0.2, -0.15) is 0 Å². The zero-order valence-corrected chi connectivity index (χ0v) is 12.0. The van der Waals surface area contributed by atoms with Crippen LogP contribution >= 0.6 is 0 Å². The van der Waals surface area contributed by atoms with Gasteiger partial charge < -0.3 is 18.9 Å². The second-order valence-corrected chi connectivity index (χ2v) is 3.88. The van der Waals surface area contributed by atoms with Gasteiger partial charge >= 0.3 is 5.97 Å². The lowest BCUT2D eigenvalue weighted by Crippen LogP contribution is -2.45. The number of hydrogen-bond donors (Lipinski definition) is 0. The van der Waals surface area contributed by atoms with Gasteiger partial charge in [-0.1, -0.05) is 12.2 Å². The molecule has 0 fully saturated rings. The highest BCUT2D eigenvalue weighted by atomic mass is 16.7. The van der Waals surface area contributed by atoms with E-state index in [1.165, 1.54) is 33.5 Å². The number of rotatable bonds is 6. The Hall–Kier alpha value is -1.92. The molecule has 0 spiro atoms. The molecule has 0 aromatic carbocycles. The fourth-order valence-electron chi connectivity index (χ4n) is 1.66. The Morgan fingerprint density at radius 1 is 1.35 bits per heavy atom. The van der Waals surface area contributed by atoms with E-state index in [9.17, 15) is 9.59 Å². The van der Waals surface area contributed by atoms with E-state index in [2.05, 4.69) is 4.74 Å². The predicted octanol–water partition coefficient (Wildman–Crippen LogP) is 1.13. The van der Waals surface area contributed by atoms with Crippen molar-refractivity contribution in [3.8, 4) is 0 Å². The lowest BCUT2D eigenvalue weighted by molar-refractivity contribution is -0.191. The van der Waals surface area contributed by atoms with E-state index in [-0.39, 0.29) is 17.9 Å². The van der Waals surface area contributed by atoms with Crippen LogP contribution in [0.25, 0.3) is 0 Å². The topological polar surface area (TPSA) is 71.1 Å². The van der Waals surface area contributed by atoms with Gasteiger partial charge in [-0.15, -0.1) is 0 Å². The van der Waals surface area contributed by atoms with Crippen molar-refractivity contribution in [1.82, 2.24) is 0 Å². The molecule has 1 aliphatic rings. The molecule has 0 N–H and O–H groups in total. The van der Waals surface area contributed by atoms with E-state index >= 15 is 0 Å². The van der Waals surface area contributed by atoms with Crippen molar-refractivity contribution in [3.05, 3.63) is 35.6 Å². The fraction of sp³-hybridized carbons (Fsp3) is 0.429. The highest BCUT2D eigenvalue weighted by molar-refractivity contribution is 6.06. The van der Waals surface area contributed by atoms with Crippen molar-refractivity contribution < 1.29 is 28.5 Å². The van der Waals surface area contributed by atoms with Crippen molar-refractivity contribution in [2.24, 2.45) is 0 Å². The molecule has 0 aromatic heterocycles. The maximum atomic E-state index is 12.3.